The molecule has 0 unspecified atom stereocenters. The van der Waals surface area contributed by atoms with E-state index < -0.39 is 22.2 Å². The summed E-state index contributed by atoms with van der Waals surface area (Å²) in [4.78, 5) is 40.9. The molecule has 130 valence electrons. The van der Waals surface area contributed by atoms with E-state index in [1.165, 1.54) is 12.1 Å². The van der Waals surface area contributed by atoms with E-state index in [2.05, 4.69) is 4.99 Å². The molecular weight excluding hydrogens is 338 g/mol. The molecule has 0 bridgehead atoms. The van der Waals surface area contributed by atoms with Gasteiger partial charge in [-0.3, -0.25) is 24.7 Å². The van der Waals surface area contributed by atoms with Crippen molar-refractivity contribution >= 4 is 28.8 Å². The van der Waals surface area contributed by atoms with Crippen molar-refractivity contribution in [1.82, 2.24) is 0 Å². The van der Waals surface area contributed by atoms with Crippen LogP contribution in [-0.4, -0.2) is 35.5 Å². The van der Waals surface area contributed by atoms with Gasteiger partial charge in [0.25, 0.3) is 5.69 Å². The number of ketones is 2. The molecule has 0 amide bonds. The topological polar surface area (TPSA) is 125 Å². The van der Waals surface area contributed by atoms with Crippen LogP contribution in [0.1, 0.15) is 43.8 Å². The maximum Gasteiger partial charge on any atom is 0.282 e. The molecule has 1 aliphatic carbocycles. The van der Waals surface area contributed by atoms with Gasteiger partial charge in [0.1, 0.15) is 5.56 Å². The molecule has 0 radical (unpaired) electrons. The predicted molar refractivity (Wildman–Crippen MR) is 92.8 cm³/mol. The summed E-state index contributed by atoms with van der Waals surface area (Å²) in [5.41, 5.74) is 5.68. The maximum atomic E-state index is 12.9. The highest BCUT2D eigenvalue weighted by atomic mass is 16.6. The quantitative estimate of drug-likeness (QED) is 0.428. The highest BCUT2D eigenvalue weighted by Gasteiger charge is 2.39. The first-order valence-corrected chi connectivity index (χ1v) is 7.97. The zero-order chi connectivity index (χ0) is 18.4. The lowest BCUT2D eigenvalue weighted by Crippen LogP contribution is -2.26. The number of anilines is 1. The molecule has 26 heavy (non-hydrogen) atoms. The van der Waals surface area contributed by atoms with Gasteiger partial charge in [0.15, 0.2) is 5.78 Å². The van der Waals surface area contributed by atoms with Crippen molar-refractivity contribution in [2.45, 2.75) is 6.42 Å². The van der Waals surface area contributed by atoms with Crippen LogP contribution in [0, 0.1) is 10.1 Å². The van der Waals surface area contributed by atoms with Crippen molar-refractivity contribution in [1.29, 1.82) is 0 Å². The summed E-state index contributed by atoms with van der Waals surface area (Å²) in [6.07, 6.45) is 0.723. The van der Waals surface area contributed by atoms with Gasteiger partial charge in [-0.2, -0.15) is 0 Å². The lowest BCUT2D eigenvalue weighted by atomic mass is 9.81. The fourth-order valence-electron chi connectivity index (χ4n) is 3.24. The first-order chi connectivity index (χ1) is 12.5. The minimum Gasteiger partial charge on any atom is -0.477 e. The fourth-order valence-corrected chi connectivity index (χ4v) is 3.24. The van der Waals surface area contributed by atoms with Gasteiger partial charge in [-0.1, -0.05) is 24.3 Å². The summed E-state index contributed by atoms with van der Waals surface area (Å²) in [7, 11) is 0. The van der Waals surface area contributed by atoms with Gasteiger partial charge in [-0.25, -0.2) is 0 Å². The standard InChI is InChI=1S/C18H13N3O5/c19-15-11(18-20-6-3-7-26-18)8-12(21(24)25)13-14(15)17(23)10-5-2-1-4-9(10)16(13)22/h1-2,4-5,8H,3,6-7,19H2. The number of carbonyl (C=O) groups excluding carboxylic acids is 2. The van der Waals surface area contributed by atoms with E-state index in [0.29, 0.717) is 13.2 Å². The second-order valence-corrected chi connectivity index (χ2v) is 5.96. The van der Waals surface area contributed by atoms with E-state index in [0.717, 1.165) is 12.5 Å². The molecule has 0 saturated carbocycles. The van der Waals surface area contributed by atoms with E-state index in [-0.39, 0.29) is 39.4 Å². The number of carbonyl (C=O) groups is 2. The summed E-state index contributed by atoms with van der Waals surface area (Å²) >= 11 is 0. The van der Waals surface area contributed by atoms with Gasteiger partial charge >= 0.3 is 0 Å². The van der Waals surface area contributed by atoms with Crippen molar-refractivity contribution in [2.75, 3.05) is 18.9 Å². The van der Waals surface area contributed by atoms with Gasteiger partial charge in [-0.05, 0) is 0 Å². The first kappa shape index (κ1) is 15.9. The Balaban J connectivity index is 2.04. The Morgan fingerprint density at radius 1 is 1.08 bits per heavy atom. The molecule has 2 N–H and O–H groups in total. The summed E-state index contributed by atoms with van der Waals surface area (Å²) < 4.78 is 5.45. The van der Waals surface area contributed by atoms with Crippen LogP contribution in [0.25, 0.3) is 0 Å². The predicted octanol–water partition coefficient (Wildman–Crippen LogP) is 2.12. The number of rotatable bonds is 2. The average Bonchev–Trinajstić information content (AvgIpc) is 2.66. The van der Waals surface area contributed by atoms with Crippen LogP contribution in [-0.2, 0) is 4.74 Å². The molecule has 2 aromatic rings. The summed E-state index contributed by atoms with van der Waals surface area (Å²) in [6.45, 7) is 0.897. The molecule has 2 aromatic carbocycles. The molecule has 8 nitrogen and oxygen atoms in total. The molecular formula is C18H13N3O5. The molecule has 1 heterocycles. The molecule has 1 aliphatic heterocycles. The van der Waals surface area contributed by atoms with Gasteiger partial charge in [0, 0.05) is 30.2 Å². The zero-order valence-corrected chi connectivity index (χ0v) is 13.5. The van der Waals surface area contributed by atoms with E-state index in [1.807, 2.05) is 0 Å². The highest BCUT2D eigenvalue weighted by Crippen LogP contribution is 2.38. The van der Waals surface area contributed by atoms with Crippen molar-refractivity contribution < 1.29 is 19.2 Å². The van der Waals surface area contributed by atoms with Crippen LogP contribution in [0.4, 0.5) is 11.4 Å². The summed E-state index contributed by atoms with van der Waals surface area (Å²) in [6, 6.07) is 7.37. The lowest BCUT2D eigenvalue weighted by Gasteiger charge is -2.22. The number of hydrogen-bond donors (Lipinski definition) is 1. The summed E-state index contributed by atoms with van der Waals surface area (Å²) in [5, 5.41) is 11.6. The van der Waals surface area contributed by atoms with Crippen LogP contribution in [0.15, 0.2) is 35.3 Å². The third-order valence-corrected chi connectivity index (χ3v) is 4.44. The molecule has 0 aromatic heterocycles. The molecule has 0 atom stereocenters. The average molecular weight is 351 g/mol. The highest BCUT2D eigenvalue weighted by molar-refractivity contribution is 6.32. The largest absolute Gasteiger partial charge is 0.477 e. The Bertz CT molecular complexity index is 1030. The zero-order valence-electron chi connectivity index (χ0n) is 13.5. The molecule has 0 saturated heterocycles. The summed E-state index contributed by atoms with van der Waals surface area (Å²) in [5.74, 6) is -0.959. The molecule has 4 rings (SSSR count). The fraction of sp³-hybridized carbons (Fsp3) is 0.167. The minimum absolute atomic E-state index is 0.0286. The van der Waals surface area contributed by atoms with E-state index in [9.17, 15) is 19.7 Å². The number of nitro groups is 1. The SMILES string of the molecule is Nc1c(C2=NCCCO2)cc([N+](=O)[O-])c2c1C(=O)c1ccccc1C2=O. The van der Waals surface area contributed by atoms with Crippen LogP contribution in [0.2, 0.25) is 0 Å². The monoisotopic (exact) mass is 351 g/mol. The number of nitrogen functional groups attached to an aromatic ring is 1. The Morgan fingerprint density at radius 2 is 1.73 bits per heavy atom. The van der Waals surface area contributed by atoms with Crippen LogP contribution in [0.3, 0.4) is 0 Å². The van der Waals surface area contributed by atoms with Crippen molar-refractivity contribution in [3.63, 3.8) is 0 Å². The van der Waals surface area contributed by atoms with Gasteiger partial charge in [0.05, 0.1) is 28.3 Å². The second-order valence-electron chi connectivity index (χ2n) is 5.96. The van der Waals surface area contributed by atoms with Crippen molar-refractivity contribution in [2.24, 2.45) is 4.99 Å². The number of nitrogens with zero attached hydrogens (tertiary/aromatic N) is 2. The smallest absolute Gasteiger partial charge is 0.282 e. The Labute approximate surface area is 147 Å². The maximum absolute atomic E-state index is 12.9. The van der Waals surface area contributed by atoms with Crippen molar-refractivity contribution in [3.8, 4) is 0 Å². The third kappa shape index (κ3) is 2.19. The van der Waals surface area contributed by atoms with E-state index >= 15 is 0 Å². The molecule has 8 heteroatoms. The Kier molecular flexibility index (Phi) is 3.54. The molecule has 0 spiro atoms. The Morgan fingerprint density at radius 3 is 2.31 bits per heavy atom. The number of benzene rings is 2. The number of nitro benzene ring substituents is 1. The molecule has 2 aliphatic rings. The second kappa shape index (κ2) is 5.76. The van der Waals surface area contributed by atoms with Gasteiger partial charge in [-0.15, -0.1) is 0 Å². The van der Waals surface area contributed by atoms with Crippen molar-refractivity contribution in [3.05, 3.63) is 68.3 Å². The first-order valence-electron chi connectivity index (χ1n) is 7.97. The van der Waals surface area contributed by atoms with Crippen LogP contribution < -0.4 is 5.73 Å². The van der Waals surface area contributed by atoms with Gasteiger partial charge in [0.2, 0.25) is 11.7 Å². The lowest BCUT2D eigenvalue weighted by molar-refractivity contribution is -0.385. The number of hydrogen-bond acceptors (Lipinski definition) is 7. The number of ether oxygens (including phenoxy) is 1. The van der Waals surface area contributed by atoms with E-state index in [4.69, 9.17) is 10.5 Å². The van der Waals surface area contributed by atoms with Gasteiger partial charge < -0.3 is 10.5 Å². The van der Waals surface area contributed by atoms with E-state index in [1.54, 1.807) is 12.1 Å². The molecule has 0 fully saturated rings. The third-order valence-electron chi connectivity index (χ3n) is 4.44. The number of fused-ring (bicyclic) bond motifs is 2. The Hall–Kier alpha value is -3.55. The normalized spacial score (nSPS) is 15.6. The van der Waals surface area contributed by atoms with Crippen LogP contribution >= 0.6 is 0 Å². The number of aliphatic imine (C=N–C) groups is 1. The number of nitrogens with two attached hydrogens (primary N) is 1. The van der Waals surface area contributed by atoms with Crippen LogP contribution in [0.5, 0.6) is 0 Å². The minimum atomic E-state index is -0.690.